The third-order valence-electron chi connectivity index (χ3n) is 6.05. The molecule has 1 aromatic carbocycles. The van der Waals surface area contributed by atoms with E-state index in [4.69, 9.17) is 9.47 Å². The summed E-state index contributed by atoms with van der Waals surface area (Å²) in [6, 6.07) is 8.95. The van der Waals surface area contributed by atoms with Crippen LogP contribution in [0.1, 0.15) is 20.8 Å². The number of halogens is 1. The van der Waals surface area contributed by atoms with E-state index in [-0.39, 0.29) is 22.9 Å². The zero-order chi connectivity index (χ0) is 31.5. The maximum atomic E-state index is 15.1. The maximum absolute atomic E-state index is 15.1. The molecule has 0 atom stereocenters. The molecular formula is C26H31B3FN9O4. The summed E-state index contributed by atoms with van der Waals surface area (Å²) in [4.78, 5) is 31.7. The van der Waals surface area contributed by atoms with Crippen LogP contribution in [0, 0.1) is 5.82 Å². The van der Waals surface area contributed by atoms with Gasteiger partial charge in [-0.2, -0.15) is 5.10 Å². The van der Waals surface area contributed by atoms with Crippen molar-refractivity contribution in [2.45, 2.75) is 5.24 Å². The van der Waals surface area contributed by atoms with E-state index in [0.29, 0.717) is 40.2 Å². The summed E-state index contributed by atoms with van der Waals surface area (Å²) in [7, 11) is 13.4. The van der Waals surface area contributed by atoms with Crippen LogP contribution < -0.4 is 25.4 Å². The number of pyridine rings is 1. The number of nitrogens with zero attached hydrogens (tertiary/aromatic N) is 6. The van der Waals surface area contributed by atoms with Gasteiger partial charge in [0.25, 0.3) is 11.8 Å². The Kier molecular flexibility index (Phi) is 8.92. The van der Waals surface area contributed by atoms with Crippen LogP contribution >= 0.6 is 0 Å². The summed E-state index contributed by atoms with van der Waals surface area (Å²) < 4.78 is 27.3. The van der Waals surface area contributed by atoms with Crippen molar-refractivity contribution in [2.75, 3.05) is 38.9 Å². The molecule has 0 fully saturated rings. The van der Waals surface area contributed by atoms with Crippen LogP contribution in [0.4, 0.5) is 27.4 Å². The lowest BCUT2D eigenvalue weighted by Gasteiger charge is -2.22. The van der Waals surface area contributed by atoms with E-state index in [1.54, 1.807) is 45.4 Å². The number of amides is 2. The lowest BCUT2D eigenvalue weighted by atomic mass is 9.49. The van der Waals surface area contributed by atoms with E-state index >= 15 is 4.39 Å². The van der Waals surface area contributed by atoms with E-state index in [1.165, 1.54) is 42.1 Å². The Bertz CT molecular complexity index is 1660. The van der Waals surface area contributed by atoms with Crippen LogP contribution in [0.25, 0.3) is 11.3 Å². The molecule has 3 N–H and O–H groups in total. The van der Waals surface area contributed by atoms with Crippen LogP contribution in [0.2, 0.25) is 0 Å². The predicted molar refractivity (Wildman–Crippen MR) is 168 cm³/mol. The Morgan fingerprint density at radius 1 is 0.977 bits per heavy atom. The van der Waals surface area contributed by atoms with Gasteiger partial charge in [-0.15, -0.1) is 10.2 Å². The van der Waals surface area contributed by atoms with E-state index in [1.807, 2.05) is 23.5 Å². The smallest absolute Gasteiger partial charge is 0.271 e. The molecule has 0 spiro atoms. The monoisotopic (exact) mass is 585 g/mol. The van der Waals surface area contributed by atoms with E-state index < -0.39 is 17.0 Å². The standard InChI is InChI=1S/C26H31B3FN9O4/c1-38(2)25(41)19-10-17(37-39(19)3)14-8-13(30)9-18(23(14)43-5)32-16-11-21(33-20-6-7-22(42-4)36-35-20)31-12-15(16)24(40)34-26(27,28)29/h6-12H,27-29H2,1-5H3,(H,34,40)(H2,31,32,33,35). The van der Waals surface area contributed by atoms with E-state index in [9.17, 15) is 9.59 Å². The van der Waals surface area contributed by atoms with Crippen molar-refractivity contribution >= 4 is 58.4 Å². The molecule has 13 nitrogen and oxygen atoms in total. The molecule has 0 aliphatic carbocycles. The second kappa shape index (κ2) is 12.4. The topological polar surface area (TPSA) is 148 Å². The number of methoxy groups -OCH3 is 2. The van der Waals surface area contributed by atoms with Crippen molar-refractivity contribution in [1.29, 1.82) is 0 Å². The highest BCUT2D eigenvalue weighted by atomic mass is 19.1. The number of hydrogen-bond acceptors (Lipinski definition) is 10. The van der Waals surface area contributed by atoms with Gasteiger partial charge in [-0.25, -0.2) is 9.37 Å². The van der Waals surface area contributed by atoms with Gasteiger partial charge in [0, 0.05) is 51.1 Å². The number of rotatable bonds is 10. The molecule has 2 amide bonds. The van der Waals surface area contributed by atoms with Gasteiger partial charge in [0.1, 0.15) is 40.9 Å². The second-order valence-electron chi connectivity index (χ2n) is 10.8. The zero-order valence-corrected chi connectivity index (χ0v) is 25.2. The summed E-state index contributed by atoms with van der Waals surface area (Å²) >= 11 is 0. The van der Waals surface area contributed by atoms with Gasteiger partial charge in [-0.1, -0.05) is 0 Å². The minimum Gasteiger partial charge on any atom is -0.494 e. The van der Waals surface area contributed by atoms with Crippen molar-refractivity contribution in [3.63, 3.8) is 0 Å². The Morgan fingerprint density at radius 3 is 2.33 bits per heavy atom. The van der Waals surface area contributed by atoms with Crippen LogP contribution in [0.5, 0.6) is 11.6 Å². The first kappa shape index (κ1) is 30.9. The number of hydrogen-bond donors (Lipinski definition) is 3. The fourth-order valence-electron chi connectivity index (χ4n) is 4.11. The molecule has 220 valence electrons. The Labute approximate surface area is 250 Å². The van der Waals surface area contributed by atoms with Crippen LogP contribution in [0.3, 0.4) is 0 Å². The second-order valence-corrected chi connectivity index (χ2v) is 10.8. The highest BCUT2D eigenvalue weighted by Crippen LogP contribution is 2.39. The zero-order valence-electron chi connectivity index (χ0n) is 25.2. The number of benzene rings is 1. The molecule has 4 rings (SSSR count). The number of ether oxygens (including phenoxy) is 2. The predicted octanol–water partition coefficient (Wildman–Crippen LogP) is -0.142. The van der Waals surface area contributed by atoms with Gasteiger partial charge in [0.2, 0.25) is 5.88 Å². The lowest BCUT2D eigenvalue weighted by molar-refractivity contribution is 0.0816. The van der Waals surface area contributed by atoms with Gasteiger partial charge < -0.3 is 30.3 Å². The highest BCUT2D eigenvalue weighted by Gasteiger charge is 2.23. The van der Waals surface area contributed by atoms with Gasteiger partial charge in [-0.3, -0.25) is 14.3 Å². The number of aromatic nitrogens is 5. The van der Waals surface area contributed by atoms with Gasteiger partial charge in [-0.05, 0) is 23.4 Å². The van der Waals surface area contributed by atoms with E-state index in [0.717, 1.165) is 0 Å². The average Bonchev–Trinajstić information content (AvgIpc) is 3.33. The highest BCUT2D eigenvalue weighted by molar-refractivity contribution is 6.60. The molecule has 4 aromatic rings. The molecule has 0 unspecified atom stereocenters. The number of nitrogens with one attached hydrogen (secondary N) is 3. The van der Waals surface area contributed by atoms with Crippen LogP contribution in [0.15, 0.2) is 42.6 Å². The molecule has 3 aromatic heterocycles. The first-order chi connectivity index (χ1) is 20.3. The SMILES string of the molecule is BC(B)(B)NC(=O)c1cnc(Nc2ccc(OC)nn2)cc1Nc1cc(F)cc(-c2cc(C(=O)N(C)C)n(C)n2)c1OC. The first-order valence-electron chi connectivity index (χ1n) is 13.2. The average molecular weight is 585 g/mol. The van der Waals surface area contributed by atoms with Crippen molar-refractivity contribution in [3.8, 4) is 22.9 Å². The lowest BCUT2D eigenvalue weighted by Crippen LogP contribution is -2.50. The number of aryl methyl sites for hydroxylation is 1. The summed E-state index contributed by atoms with van der Waals surface area (Å²) in [5, 5.41) is 21.0. The molecule has 17 heteroatoms. The molecule has 0 saturated carbocycles. The molecule has 43 heavy (non-hydrogen) atoms. The molecule has 0 aliphatic rings. The number of carbonyl (C=O) groups excluding carboxylic acids is 2. The van der Waals surface area contributed by atoms with Crippen molar-refractivity contribution in [3.05, 3.63) is 59.7 Å². The van der Waals surface area contributed by atoms with Crippen molar-refractivity contribution < 1.29 is 23.5 Å². The fourth-order valence-corrected chi connectivity index (χ4v) is 4.11. The summed E-state index contributed by atoms with van der Waals surface area (Å²) in [5.74, 6) is 0.0591. The first-order valence-corrected chi connectivity index (χ1v) is 13.2. The summed E-state index contributed by atoms with van der Waals surface area (Å²) in [6.07, 6.45) is 1.40. The largest absolute Gasteiger partial charge is 0.494 e. The Hall–Kier alpha value is -5.08. The van der Waals surface area contributed by atoms with Crippen molar-refractivity contribution in [2.24, 2.45) is 7.05 Å². The van der Waals surface area contributed by atoms with Crippen molar-refractivity contribution in [1.82, 2.24) is 35.2 Å². The minimum absolute atomic E-state index is 0.200. The van der Waals surface area contributed by atoms with E-state index in [2.05, 4.69) is 36.2 Å². The summed E-state index contributed by atoms with van der Waals surface area (Å²) in [6.45, 7) is 0. The number of carbonyl (C=O) groups is 2. The quantitative estimate of drug-likeness (QED) is 0.215. The normalized spacial score (nSPS) is 11.0. The minimum atomic E-state index is -0.592. The third-order valence-corrected chi connectivity index (χ3v) is 6.05. The van der Waals surface area contributed by atoms with Crippen LogP contribution in [-0.4, -0.2) is 98.8 Å². The molecule has 0 radical (unpaired) electrons. The fraction of sp³-hybridized carbons (Fsp3) is 0.231. The van der Waals surface area contributed by atoms with Gasteiger partial charge >= 0.3 is 0 Å². The van der Waals surface area contributed by atoms with Gasteiger partial charge in [0.15, 0.2) is 11.6 Å². The molecule has 3 heterocycles. The number of anilines is 4. The Balaban J connectivity index is 1.79. The molecule has 0 aliphatic heterocycles. The maximum Gasteiger partial charge on any atom is 0.271 e. The molecule has 0 saturated heterocycles. The molecular weight excluding hydrogens is 554 g/mol. The Morgan fingerprint density at radius 2 is 1.72 bits per heavy atom. The molecule has 0 bridgehead atoms. The third kappa shape index (κ3) is 7.23. The summed E-state index contributed by atoms with van der Waals surface area (Å²) in [5.41, 5.74) is 1.67. The van der Waals surface area contributed by atoms with Crippen LogP contribution in [-0.2, 0) is 7.05 Å². The van der Waals surface area contributed by atoms with Gasteiger partial charge in [0.05, 0.1) is 36.9 Å².